The van der Waals surface area contributed by atoms with E-state index in [2.05, 4.69) is 11.4 Å². The molecule has 1 aliphatic heterocycles. The van der Waals surface area contributed by atoms with Gasteiger partial charge in [-0.1, -0.05) is 65.7 Å². The average Bonchev–Trinajstić information content (AvgIpc) is 3.59. The summed E-state index contributed by atoms with van der Waals surface area (Å²) in [5.41, 5.74) is 4.63. The summed E-state index contributed by atoms with van der Waals surface area (Å²) in [7, 11) is -3.68. The largest absolute Gasteiger partial charge is 0.438 e. The van der Waals surface area contributed by atoms with Gasteiger partial charge in [-0.15, -0.1) is 0 Å². The number of amides is 1. The molecule has 3 aromatic carbocycles. The van der Waals surface area contributed by atoms with E-state index in [9.17, 15) is 18.5 Å². The fraction of sp³-hybridized carbons (Fsp3) is 0.200. The molecule has 1 N–H and O–H groups in total. The van der Waals surface area contributed by atoms with E-state index in [0.717, 1.165) is 35.1 Å². The SMILES string of the molecule is Cc1ccc(-c2oc(NC(=O)c3cccc(S(=O)(=O)N4CCCC4)c3)c(C#N)c2-c2ccc(C)cc2)cc1. The zero-order valence-electron chi connectivity index (χ0n) is 21.2. The number of carbonyl (C=O) groups is 1. The van der Waals surface area contributed by atoms with Gasteiger partial charge in [0.2, 0.25) is 15.9 Å². The lowest BCUT2D eigenvalue weighted by atomic mass is 9.97. The van der Waals surface area contributed by atoms with Crippen molar-refractivity contribution < 1.29 is 17.6 Å². The minimum Gasteiger partial charge on any atom is -0.438 e. The highest BCUT2D eigenvalue weighted by Gasteiger charge is 2.28. The van der Waals surface area contributed by atoms with Crippen molar-refractivity contribution in [3.05, 3.63) is 95.1 Å². The molecule has 192 valence electrons. The van der Waals surface area contributed by atoms with Gasteiger partial charge in [0.15, 0.2) is 0 Å². The molecule has 0 bridgehead atoms. The van der Waals surface area contributed by atoms with Gasteiger partial charge in [-0.05, 0) is 50.5 Å². The third kappa shape index (κ3) is 4.86. The van der Waals surface area contributed by atoms with E-state index in [1.54, 1.807) is 6.07 Å². The zero-order chi connectivity index (χ0) is 26.9. The minimum absolute atomic E-state index is 0.0106. The van der Waals surface area contributed by atoms with Crippen molar-refractivity contribution in [2.75, 3.05) is 18.4 Å². The van der Waals surface area contributed by atoms with Crippen LogP contribution in [0.2, 0.25) is 0 Å². The molecule has 0 aliphatic carbocycles. The van der Waals surface area contributed by atoms with Gasteiger partial charge in [-0.25, -0.2) is 8.42 Å². The number of nitrogens with zero attached hydrogens (tertiary/aromatic N) is 2. The van der Waals surface area contributed by atoms with Gasteiger partial charge in [0.25, 0.3) is 5.91 Å². The Bertz CT molecular complexity index is 1640. The van der Waals surface area contributed by atoms with Crippen LogP contribution in [-0.4, -0.2) is 31.7 Å². The first-order valence-corrected chi connectivity index (χ1v) is 13.8. The van der Waals surface area contributed by atoms with Crippen LogP contribution in [0.15, 0.2) is 82.1 Å². The van der Waals surface area contributed by atoms with Crippen LogP contribution in [0.1, 0.15) is 39.9 Å². The van der Waals surface area contributed by atoms with Gasteiger partial charge in [-0.2, -0.15) is 9.57 Å². The second kappa shape index (κ2) is 10.3. The van der Waals surface area contributed by atoms with E-state index >= 15 is 0 Å². The number of nitriles is 1. The molecule has 1 amide bonds. The smallest absolute Gasteiger partial charge is 0.258 e. The highest BCUT2D eigenvalue weighted by Crippen LogP contribution is 2.41. The van der Waals surface area contributed by atoms with E-state index in [4.69, 9.17) is 4.42 Å². The first-order valence-electron chi connectivity index (χ1n) is 12.4. The van der Waals surface area contributed by atoms with Gasteiger partial charge in [0, 0.05) is 29.8 Å². The maximum Gasteiger partial charge on any atom is 0.258 e. The van der Waals surface area contributed by atoms with E-state index < -0.39 is 15.9 Å². The lowest BCUT2D eigenvalue weighted by Gasteiger charge is -2.15. The van der Waals surface area contributed by atoms with Crippen molar-refractivity contribution in [3.63, 3.8) is 0 Å². The van der Waals surface area contributed by atoms with Crippen molar-refractivity contribution in [3.8, 4) is 28.5 Å². The van der Waals surface area contributed by atoms with Crippen LogP contribution in [0.25, 0.3) is 22.5 Å². The molecule has 4 aromatic rings. The second-order valence-electron chi connectivity index (χ2n) is 9.45. The Morgan fingerprint density at radius 2 is 1.53 bits per heavy atom. The van der Waals surface area contributed by atoms with Gasteiger partial charge < -0.3 is 4.42 Å². The summed E-state index contributed by atoms with van der Waals surface area (Å²) in [6.07, 6.45) is 1.64. The number of sulfonamides is 1. The Balaban J connectivity index is 1.54. The van der Waals surface area contributed by atoms with Crippen LogP contribution in [-0.2, 0) is 10.0 Å². The van der Waals surface area contributed by atoms with Gasteiger partial charge in [0.05, 0.1) is 4.90 Å². The molecule has 0 atom stereocenters. The molecule has 0 spiro atoms. The van der Waals surface area contributed by atoms with Crippen LogP contribution in [0.3, 0.4) is 0 Å². The summed E-state index contributed by atoms with van der Waals surface area (Å²) in [6.45, 7) is 4.91. The molecule has 5 rings (SSSR count). The second-order valence-corrected chi connectivity index (χ2v) is 11.4. The number of carbonyl (C=O) groups excluding carboxylic acids is 1. The van der Waals surface area contributed by atoms with E-state index in [1.807, 2.05) is 62.4 Å². The van der Waals surface area contributed by atoms with Crippen molar-refractivity contribution in [1.82, 2.24) is 4.31 Å². The maximum atomic E-state index is 13.3. The van der Waals surface area contributed by atoms with E-state index in [0.29, 0.717) is 24.4 Å². The number of hydrogen-bond donors (Lipinski definition) is 1. The van der Waals surface area contributed by atoms with Crippen LogP contribution < -0.4 is 5.32 Å². The Hall–Kier alpha value is -4.19. The lowest BCUT2D eigenvalue weighted by molar-refractivity contribution is 0.102. The highest BCUT2D eigenvalue weighted by atomic mass is 32.2. The van der Waals surface area contributed by atoms with Gasteiger partial charge >= 0.3 is 0 Å². The molecule has 7 nitrogen and oxygen atoms in total. The molecule has 0 unspecified atom stereocenters. The molecule has 0 saturated carbocycles. The lowest BCUT2D eigenvalue weighted by Crippen LogP contribution is -2.28. The number of hydrogen-bond acceptors (Lipinski definition) is 5. The number of furan rings is 1. The maximum absolute atomic E-state index is 13.3. The quantitative estimate of drug-likeness (QED) is 0.326. The molecular formula is C30H27N3O4S. The highest BCUT2D eigenvalue weighted by molar-refractivity contribution is 7.89. The van der Waals surface area contributed by atoms with Crippen molar-refractivity contribution >= 4 is 21.8 Å². The summed E-state index contributed by atoms with van der Waals surface area (Å²) in [6, 6.07) is 23.6. The Morgan fingerprint density at radius 3 is 2.13 bits per heavy atom. The third-order valence-corrected chi connectivity index (χ3v) is 8.59. The number of anilines is 1. The third-order valence-electron chi connectivity index (χ3n) is 6.70. The molecule has 8 heteroatoms. The minimum atomic E-state index is -3.68. The fourth-order valence-electron chi connectivity index (χ4n) is 4.58. The predicted molar refractivity (Wildman–Crippen MR) is 146 cm³/mol. The van der Waals surface area contributed by atoms with Crippen LogP contribution >= 0.6 is 0 Å². The van der Waals surface area contributed by atoms with Crippen molar-refractivity contribution in [2.45, 2.75) is 31.6 Å². The summed E-state index contributed by atoms with van der Waals surface area (Å²) >= 11 is 0. The van der Waals surface area contributed by atoms with Gasteiger partial charge in [0.1, 0.15) is 17.4 Å². The zero-order valence-corrected chi connectivity index (χ0v) is 22.0. The number of rotatable bonds is 6. The Labute approximate surface area is 222 Å². The Kier molecular flexibility index (Phi) is 6.89. The molecule has 1 saturated heterocycles. The standard InChI is InChI=1S/C30H27N3O4S/c1-20-8-12-22(13-9-20)27-26(19-31)30(37-28(27)23-14-10-21(2)11-15-23)32-29(34)24-6-5-7-25(18-24)38(35,36)33-16-3-4-17-33/h5-15,18H,3-4,16-17H2,1-2H3,(H,32,34). The topological polar surface area (TPSA) is 103 Å². The van der Waals surface area contributed by atoms with Gasteiger partial charge in [-0.3, -0.25) is 10.1 Å². The first kappa shape index (κ1) is 25.5. The molecule has 1 fully saturated rings. The number of nitrogens with one attached hydrogen (secondary N) is 1. The summed E-state index contributed by atoms with van der Waals surface area (Å²) in [5, 5.41) is 12.8. The van der Waals surface area contributed by atoms with E-state index in [1.165, 1.54) is 22.5 Å². The molecular weight excluding hydrogens is 498 g/mol. The molecule has 1 aliphatic rings. The predicted octanol–water partition coefficient (Wildman–Crippen LogP) is 6.14. The molecule has 1 aromatic heterocycles. The number of aryl methyl sites for hydroxylation is 2. The summed E-state index contributed by atoms with van der Waals surface area (Å²) in [5.74, 6) is -0.0952. The summed E-state index contributed by atoms with van der Waals surface area (Å²) < 4.78 is 33.6. The van der Waals surface area contributed by atoms with Crippen LogP contribution in [0, 0.1) is 25.2 Å². The van der Waals surface area contributed by atoms with Crippen molar-refractivity contribution in [2.24, 2.45) is 0 Å². The van der Waals surface area contributed by atoms with E-state index in [-0.39, 0.29) is 21.9 Å². The molecule has 2 heterocycles. The Morgan fingerprint density at radius 1 is 0.921 bits per heavy atom. The molecule has 0 radical (unpaired) electrons. The first-order chi connectivity index (χ1) is 18.3. The van der Waals surface area contributed by atoms with Crippen molar-refractivity contribution in [1.29, 1.82) is 5.26 Å². The number of benzene rings is 3. The molecule has 38 heavy (non-hydrogen) atoms. The monoisotopic (exact) mass is 525 g/mol. The fourth-order valence-corrected chi connectivity index (χ4v) is 6.14. The average molecular weight is 526 g/mol. The van der Waals surface area contributed by atoms with Crippen LogP contribution in [0.4, 0.5) is 5.88 Å². The normalized spacial score (nSPS) is 13.8. The van der Waals surface area contributed by atoms with Crippen LogP contribution in [0.5, 0.6) is 0 Å². The summed E-state index contributed by atoms with van der Waals surface area (Å²) in [4.78, 5) is 13.3.